The molecule has 0 radical (unpaired) electrons. The minimum absolute atomic E-state index is 0.691. The zero-order chi connectivity index (χ0) is 16.4. The van der Waals surface area contributed by atoms with E-state index in [0.29, 0.717) is 12.6 Å². The number of likely N-dealkylation sites (tertiary alicyclic amines) is 1. The molecule has 5 nitrogen and oxygen atoms in total. The van der Waals surface area contributed by atoms with Crippen LogP contribution in [0.1, 0.15) is 12.6 Å². The Morgan fingerprint density at radius 3 is 2.79 bits per heavy atom. The van der Waals surface area contributed by atoms with Gasteiger partial charge in [-0.3, -0.25) is 14.8 Å². The van der Waals surface area contributed by atoms with Crippen molar-refractivity contribution in [1.29, 1.82) is 0 Å². The number of morpholine rings is 1. The first-order valence-corrected chi connectivity index (χ1v) is 8.88. The van der Waals surface area contributed by atoms with Gasteiger partial charge >= 0.3 is 0 Å². The van der Waals surface area contributed by atoms with Crippen molar-refractivity contribution in [3.05, 3.63) is 36.0 Å². The first-order chi connectivity index (χ1) is 11.8. The molecule has 24 heavy (non-hydrogen) atoms. The lowest BCUT2D eigenvalue weighted by molar-refractivity contribution is -0.0347. The van der Waals surface area contributed by atoms with Gasteiger partial charge in [-0.25, -0.2) is 0 Å². The Kier molecular flexibility index (Phi) is 4.65. The van der Waals surface area contributed by atoms with Gasteiger partial charge in [0.25, 0.3) is 0 Å². The molecule has 0 saturated carbocycles. The molecule has 5 heteroatoms. The number of rotatable bonds is 5. The molecule has 0 bridgehead atoms. The lowest BCUT2D eigenvalue weighted by Gasteiger charge is -2.46. The predicted octanol–water partition coefficient (Wildman–Crippen LogP) is 2.15. The van der Waals surface area contributed by atoms with Gasteiger partial charge < -0.3 is 9.47 Å². The average molecular weight is 327 g/mol. The van der Waals surface area contributed by atoms with Crippen LogP contribution < -0.4 is 4.74 Å². The summed E-state index contributed by atoms with van der Waals surface area (Å²) in [6.45, 7) is 9.83. The Bertz CT molecular complexity index is 694. The lowest BCUT2D eigenvalue weighted by atomic mass is 10.1. The van der Waals surface area contributed by atoms with Gasteiger partial charge in [-0.2, -0.15) is 0 Å². The van der Waals surface area contributed by atoms with E-state index in [2.05, 4.69) is 34.1 Å². The van der Waals surface area contributed by atoms with E-state index >= 15 is 0 Å². The highest BCUT2D eigenvalue weighted by Gasteiger charge is 2.32. The predicted molar refractivity (Wildman–Crippen MR) is 94.4 cm³/mol. The summed E-state index contributed by atoms with van der Waals surface area (Å²) < 4.78 is 11.0. The SMILES string of the molecule is CCOc1ccc2nc(CN3CC(N4CCOCC4)C3)ccc2c1. The summed E-state index contributed by atoms with van der Waals surface area (Å²) >= 11 is 0. The Morgan fingerprint density at radius 2 is 2.00 bits per heavy atom. The van der Waals surface area contributed by atoms with E-state index in [4.69, 9.17) is 14.5 Å². The van der Waals surface area contributed by atoms with Gasteiger partial charge in [-0.1, -0.05) is 6.07 Å². The molecule has 0 N–H and O–H groups in total. The fourth-order valence-electron chi connectivity index (χ4n) is 3.56. The molecule has 128 valence electrons. The Labute approximate surface area is 143 Å². The van der Waals surface area contributed by atoms with Crippen LogP contribution in [0.5, 0.6) is 5.75 Å². The summed E-state index contributed by atoms with van der Waals surface area (Å²) in [5.74, 6) is 0.913. The molecule has 2 aliphatic rings. The van der Waals surface area contributed by atoms with Crippen LogP contribution in [0.4, 0.5) is 0 Å². The van der Waals surface area contributed by atoms with Crippen molar-refractivity contribution in [3.63, 3.8) is 0 Å². The second-order valence-corrected chi connectivity index (χ2v) is 6.59. The maximum absolute atomic E-state index is 5.56. The Balaban J connectivity index is 1.36. The molecule has 0 aliphatic carbocycles. The number of aromatic nitrogens is 1. The third-order valence-corrected chi connectivity index (χ3v) is 4.91. The standard InChI is InChI=1S/C19H25N3O2/c1-2-24-18-5-6-19-15(11-18)3-4-16(20-19)12-21-13-17(14-21)22-7-9-23-10-8-22/h3-6,11,17H,2,7-10,12-14H2,1H3. The summed E-state index contributed by atoms with van der Waals surface area (Å²) in [7, 11) is 0. The minimum Gasteiger partial charge on any atom is -0.494 e. The molecule has 1 aromatic carbocycles. The van der Waals surface area contributed by atoms with E-state index in [1.807, 2.05) is 13.0 Å². The number of benzene rings is 1. The van der Waals surface area contributed by atoms with Crippen molar-refractivity contribution in [2.45, 2.75) is 19.5 Å². The van der Waals surface area contributed by atoms with E-state index in [1.54, 1.807) is 0 Å². The van der Waals surface area contributed by atoms with Crippen LogP contribution in [0, 0.1) is 0 Å². The molecular formula is C19H25N3O2. The molecule has 2 saturated heterocycles. The van der Waals surface area contributed by atoms with E-state index in [0.717, 1.165) is 68.3 Å². The molecule has 1 aromatic heterocycles. The highest BCUT2D eigenvalue weighted by atomic mass is 16.5. The van der Waals surface area contributed by atoms with Crippen molar-refractivity contribution in [1.82, 2.24) is 14.8 Å². The number of fused-ring (bicyclic) bond motifs is 1. The topological polar surface area (TPSA) is 37.8 Å². The number of hydrogen-bond acceptors (Lipinski definition) is 5. The van der Waals surface area contributed by atoms with Crippen LogP contribution in [0.3, 0.4) is 0 Å². The summed E-state index contributed by atoms with van der Waals surface area (Å²) in [5, 5.41) is 1.14. The molecule has 0 atom stereocenters. The molecule has 0 spiro atoms. The first-order valence-electron chi connectivity index (χ1n) is 8.88. The second-order valence-electron chi connectivity index (χ2n) is 6.59. The first kappa shape index (κ1) is 15.8. The molecule has 3 heterocycles. The van der Waals surface area contributed by atoms with Gasteiger partial charge in [0.1, 0.15) is 5.75 Å². The van der Waals surface area contributed by atoms with Gasteiger partial charge in [-0.15, -0.1) is 0 Å². The van der Waals surface area contributed by atoms with Crippen molar-refractivity contribution < 1.29 is 9.47 Å². The van der Waals surface area contributed by atoms with Crippen molar-refractivity contribution in [3.8, 4) is 5.75 Å². The van der Waals surface area contributed by atoms with E-state index in [-0.39, 0.29) is 0 Å². The van der Waals surface area contributed by atoms with Gasteiger partial charge in [0.15, 0.2) is 0 Å². The molecule has 2 aromatic rings. The zero-order valence-electron chi connectivity index (χ0n) is 14.3. The van der Waals surface area contributed by atoms with Crippen molar-refractivity contribution in [2.75, 3.05) is 46.0 Å². The normalized spacial score (nSPS) is 20.2. The summed E-state index contributed by atoms with van der Waals surface area (Å²) in [6, 6.07) is 11.1. The average Bonchev–Trinajstić information content (AvgIpc) is 2.59. The van der Waals surface area contributed by atoms with E-state index < -0.39 is 0 Å². The molecule has 2 aliphatic heterocycles. The second kappa shape index (κ2) is 7.05. The number of ether oxygens (including phenoxy) is 2. The molecular weight excluding hydrogens is 302 g/mol. The van der Waals surface area contributed by atoms with Gasteiger partial charge in [0.2, 0.25) is 0 Å². The number of nitrogens with zero attached hydrogens (tertiary/aromatic N) is 3. The van der Waals surface area contributed by atoms with Crippen LogP contribution in [-0.4, -0.2) is 66.8 Å². The van der Waals surface area contributed by atoms with E-state index in [1.165, 1.54) is 0 Å². The van der Waals surface area contributed by atoms with E-state index in [9.17, 15) is 0 Å². The van der Waals surface area contributed by atoms with Crippen molar-refractivity contribution in [2.24, 2.45) is 0 Å². The van der Waals surface area contributed by atoms with Crippen molar-refractivity contribution >= 4 is 10.9 Å². The Hall–Kier alpha value is -1.69. The lowest BCUT2D eigenvalue weighted by Crippen LogP contribution is -2.60. The third-order valence-electron chi connectivity index (χ3n) is 4.91. The highest BCUT2D eigenvalue weighted by Crippen LogP contribution is 2.22. The maximum Gasteiger partial charge on any atom is 0.120 e. The minimum atomic E-state index is 0.691. The fourth-order valence-corrected chi connectivity index (χ4v) is 3.56. The molecule has 0 unspecified atom stereocenters. The van der Waals surface area contributed by atoms with Gasteiger partial charge in [0, 0.05) is 44.2 Å². The maximum atomic E-state index is 5.56. The van der Waals surface area contributed by atoms with Gasteiger partial charge in [0.05, 0.1) is 31.0 Å². The summed E-state index contributed by atoms with van der Waals surface area (Å²) in [5.41, 5.74) is 2.19. The van der Waals surface area contributed by atoms with Crippen LogP contribution in [0.15, 0.2) is 30.3 Å². The van der Waals surface area contributed by atoms with Gasteiger partial charge in [-0.05, 0) is 31.2 Å². The quantitative estimate of drug-likeness (QED) is 0.841. The Morgan fingerprint density at radius 1 is 1.17 bits per heavy atom. The molecule has 2 fully saturated rings. The van der Waals surface area contributed by atoms with Crippen LogP contribution >= 0.6 is 0 Å². The summed E-state index contributed by atoms with van der Waals surface area (Å²) in [4.78, 5) is 9.84. The third kappa shape index (κ3) is 3.38. The number of pyridine rings is 1. The molecule has 4 rings (SSSR count). The number of hydrogen-bond donors (Lipinski definition) is 0. The summed E-state index contributed by atoms with van der Waals surface area (Å²) in [6.07, 6.45) is 0. The van der Waals surface area contributed by atoms with Crippen LogP contribution in [-0.2, 0) is 11.3 Å². The fraction of sp³-hybridized carbons (Fsp3) is 0.526. The monoisotopic (exact) mass is 327 g/mol. The van der Waals surface area contributed by atoms with Crippen LogP contribution in [0.25, 0.3) is 10.9 Å². The molecule has 0 amide bonds. The smallest absolute Gasteiger partial charge is 0.120 e. The largest absolute Gasteiger partial charge is 0.494 e. The van der Waals surface area contributed by atoms with Crippen LogP contribution in [0.2, 0.25) is 0 Å². The zero-order valence-corrected chi connectivity index (χ0v) is 14.3. The highest BCUT2D eigenvalue weighted by molar-refractivity contribution is 5.80.